The van der Waals surface area contributed by atoms with Gasteiger partial charge in [-0.05, 0) is 36.4 Å². The van der Waals surface area contributed by atoms with Crippen molar-refractivity contribution in [3.8, 4) is 24.7 Å². The van der Waals surface area contributed by atoms with Crippen LogP contribution in [0.25, 0.3) is 22.2 Å². The minimum absolute atomic E-state index is 0.156. The summed E-state index contributed by atoms with van der Waals surface area (Å²) in [4.78, 5) is 61.9. The lowest BCUT2D eigenvalue weighted by Gasteiger charge is -2.07. The fourth-order valence-corrected chi connectivity index (χ4v) is 4.53. The number of oxazole rings is 2. The van der Waals surface area contributed by atoms with Crippen LogP contribution in [0.2, 0.25) is 0 Å². The molecule has 2 aromatic heterocycles. The molecular formula is C28H10N4O6. The van der Waals surface area contributed by atoms with Crippen LogP contribution in [-0.2, 0) is 0 Å². The number of amides is 4. The number of fused-ring (bicyclic) bond motifs is 4. The van der Waals surface area contributed by atoms with Gasteiger partial charge in [-0.15, -0.1) is 12.8 Å². The van der Waals surface area contributed by atoms with Crippen LogP contribution in [0.3, 0.4) is 0 Å². The van der Waals surface area contributed by atoms with Crippen molar-refractivity contribution in [2.45, 2.75) is 0 Å². The van der Waals surface area contributed by atoms with Gasteiger partial charge >= 0.3 is 12.0 Å². The Morgan fingerprint density at radius 2 is 0.974 bits per heavy atom. The molecular weight excluding hydrogens is 488 g/mol. The van der Waals surface area contributed by atoms with Crippen molar-refractivity contribution < 1.29 is 28.0 Å². The molecule has 0 N–H and O–H groups in total. The Kier molecular flexibility index (Phi) is 4.07. The second-order valence-electron chi connectivity index (χ2n) is 8.48. The molecule has 4 amide bonds. The molecule has 0 spiro atoms. The van der Waals surface area contributed by atoms with Crippen LogP contribution in [0.5, 0.6) is 0 Å². The molecule has 38 heavy (non-hydrogen) atoms. The summed E-state index contributed by atoms with van der Waals surface area (Å²) in [6, 6.07) is 11.5. The van der Waals surface area contributed by atoms with Gasteiger partial charge < -0.3 is 8.83 Å². The van der Waals surface area contributed by atoms with E-state index in [1.165, 1.54) is 36.4 Å². The monoisotopic (exact) mass is 498 g/mol. The molecule has 4 heterocycles. The standard InChI is InChI=1S/C28H10N4O6/c1-3-13-5-7-15-17(9-13)25(35)31(23(15)33)27-29-19-11-22-20(12-21(19)37-27)30-28(38-22)32-24(34)16-8-6-14(4-2)10-18(16)26(32)36/h1-2,5-12H. The lowest BCUT2D eigenvalue weighted by molar-refractivity contribution is 0.0902. The zero-order chi connectivity index (χ0) is 26.3. The van der Waals surface area contributed by atoms with Gasteiger partial charge in [-0.25, -0.2) is 0 Å². The predicted molar refractivity (Wildman–Crippen MR) is 133 cm³/mol. The summed E-state index contributed by atoms with van der Waals surface area (Å²) in [5.41, 5.74) is 2.53. The third kappa shape index (κ3) is 2.74. The fraction of sp³-hybridized carbons (Fsp3) is 0. The molecule has 0 bridgehead atoms. The van der Waals surface area contributed by atoms with Gasteiger partial charge in [-0.1, -0.05) is 11.8 Å². The molecule has 0 saturated carbocycles. The largest absolute Gasteiger partial charge is 0.423 e. The third-order valence-electron chi connectivity index (χ3n) is 6.36. The molecule has 0 aliphatic carbocycles. The summed E-state index contributed by atoms with van der Waals surface area (Å²) < 4.78 is 11.5. The highest BCUT2D eigenvalue weighted by Gasteiger charge is 2.41. The number of hydrogen-bond donors (Lipinski definition) is 0. The Labute approximate surface area is 212 Å². The van der Waals surface area contributed by atoms with Crippen molar-refractivity contribution in [2.24, 2.45) is 0 Å². The minimum Gasteiger partial charge on any atom is -0.423 e. The summed E-state index contributed by atoms with van der Waals surface area (Å²) in [5.74, 6) is 2.45. The van der Waals surface area contributed by atoms with Crippen LogP contribution in [0.15, 0.2) is 57.4 Å². The van der Waals surface area contributed by atoms with Crippen LogP contribution in [-0.4, -0.2) is 33.6 Å². The van der Waals surface area contributed by atoms with Crippen molar-refractivity contribution in [3.63, 3.8) is 0 Å². The molecule has 0 saturated heterocycles. The maximum atomic E-state index is 12.9. The molecule has 178 valence electrons. The molecule has 2 aliphatic rings. The van der Waals surface area contributed by atoms with E-state index in [1.54, 1.807) is 12.1 Å². The average molecular weight is 498 g/mol. The SMILES string of the molecule is C#Cc1ccc2c(c1)C(=O)N(c1nc3cc4oc(N5C(=O)c6ccc(C#C)cc6C5=O)nc4cc3o1)C2=O. The topological polar surface area (TPSA) is 127 Å². The van der Waals surface area contributed by atoms with Gasteiger partial charge in [0.2, 0.25) is 0 Å². The molecule has 7 rings (SSSR count). The maximum absolute atomic E-state index is 12.9. The van der Waals surface area contributed by atoms with E-state index in [-0.39, 0.29) is 56.5 Å². The molecule has 5 aromatic rings. The number of anilines is 2. The number of imide groups is 2. The number of nitrogens with zero attached hydrogens (tertiary/aromatic N) is 4. The van der Waals surface area contributed by atoms with Gasteiger partial charge in [0, 0.05) is 23.3 Å². The zero-order valence-corrected chi connectivity index (χ0v) is 19.0. The van der Waals surface area contributed by atoms with E-state index in [0.29, 0.717) is 11.1 Å². The van der Waals surface area contributed by atoms with Gasteiger partial charge in [-0.3, -0.25) is 19.2 Å². The van der Waals surface area contributed by atoms with Crippen molar-refractivity contribution >= 4 is 57.9 Å². The second kappa shape index (κ2) is 7.26. The number of terminal acetylenes is 2. The first-order valence-electron chi connectivity index (χ1n) is 11.1. The minimum atomic E-state index is -0.614. The Bertz CT molecular complexity index is 1860. The van der Waals surface area contributed by atoms with Gasteiger partial charge in [0.15, 0.2) is 11.2 Å². The molecule has 2 aliphatic heterocycles. The molecule has 3 aromatic carbocycles. The summed E-state index contributed by atoms with van der Waals surface area (Å²) in [6.45, 7) is 0. The number of rotatable bonds is 2. The lowest BCUT2D eigenvalue weighted by Crippen LogP contribution is -2.29. The summed E-state index contributed by atoms with van der Waals surface area (Å²) in [6.07, 6.45) is 10.8. The number of benzene rings is 3. The summed E-state index contributed by atoms with van der Waals surface area (Å²) >= 11 is 0. The van der Waals surface area contributed by atoms with Crippen LogP contribution >= 0.6 is 0 Å². The first-order valence-corrected chi connectivity index (χ1v) is 11.1. The fourth-order valence-electron chi connectivity index (χ4n) is 4.53. The molecule has 0 fully saturated rings. The van der Waals surface area contributed by atoms with E-state index < -0.39 is 23.6 Å². The Morgan fingerprint density at radius 3 is 1.37 bits per heavy atom. The predicted octanol–water partition coefficient (Wildman–Crippen LogP) is 3.53. The van der Waals surface area contributed by atoms with Crippen molar-refractivity contribution in [1.29, 1.82) is 0 Å². The van der Waals surface area contributed by atoms with E-state index in [0.717, 1.165) is 9.80 Å². The van der Waals surface area contributed by atoms with Gasteiger partial charge in [-0.2, -0.15) is 19.8 Å². The van der Waals surface area contributed by atoms with Crippen molar-refractivity contribution in [1.82, 2.24) is 9.97 Å². The van der Waals surface area contributed by atoms with Crippen LogP contribution < -0.4 is 9.80 Å². The summed E-state index contributed by atoms with van der Waals surface area (Å²) in [5, 5.41) is 0. The van der Waals surface area contributed by atoms with Crippen molar-refractivity contribution in [2.75, 3.05) is 9.80 Å². The van der Waals surface area contributed by atoms with Crippen LogP contribution in [0.4, 0.5) is 12.0 Å². The Morgan fingerprint density at radius 1 is 0.579 bits per heavy atom. The Hall–Kier alpha value is -6.00. The van der Waals surface area contributed by atoms with Gasteiger partial charge in [0.05, 0.1) is 22.3 Å². The number of hydrogen-bond acceptors (Lipinski definition) is 8. The molecule has 0 atom stereocenters. The van der Waals surface area contributed by atoms with E-state index in [2.05, 4.69) is 21.8 Å². The van der Waals surface area contributed by atoms with Crippen LogP contribution in [0, 0.1) is 24.7 Å². The van der Waals surface area contributed by atoms with E-state index >= 15 is 0 Å². The number of aromatic nitrogens is 2. The quantitative estimate of drug-likeness (QED) is 0.267. The second-order valence-corrected chi connectivity index (χ2v) is 8.48. The Balaban J connectivity index is 1.26. The third-order valence-corrected chi connectivity index (χ3v) is 6.36. The van der Waals surface area contributed by atoms with E-state index in [4.69, 9.17) is 21.7 Å². The molecule has 10 nitrogen and oxygen atoms in total. The molecule has 0 unspecified atom stereocenters. The van der Waals surface area contributed by atoms with Crippen LogP contribution in [0.1, 0.15) is 52.6 Å². The van der Waals surface area contributed by atoms with Gasteiger partial charge in [0.1, 0.15) is 11.0 Å². The maximum Gasteiger partial charge on any atom is 0.312 e. The average Bonchev–Trinajstić information content (AvgIpc) is 3.64. The smallest absolute Gasteiger partial charge is 0.312 e. The lowest BCUT2D eigenvalue weighted by atomic mass is 10.1. The highest BCUT2D eigenvalue weighted by atomic mass is 16.4. The number of carbonyl (C=O) groups excluding carboxylic acids is 4. The van der Waals surface area contributed by atoms with E-state index in [9.17, 15) is 19.2 Å². The number of carbonyl (C=O) groups is 4. The molecule has 10 heteroatoms. The first-order chi connectivity index (χ1) is 18.4. The zero-order valence-electron chi connectivity index (χ0n) is 19.0. The first kappa shape index (κ1) is 21.3. The van der Waals surface area contributed by atoms with Gasteiger partial charge in [0.25, 0.3) is 23.6 Å². The normalized spacial score (nSPS) is 14.4. The highest BCUT2D eigenvalue weighted by molar-refractivity contribution is 6.34. The summed E-state index contributed by atoms with van der Waals surface area (Å²) in [7, 11) is 0. The molecule has 0 radical (unpaired) electrons. The van der Waals surface area contributed by atoms with E-state index in [1.807, 2.05) is 0 Å². The highest BCUT2D eigenvalue weighted by Crippen LogP contribution is 2.35. The van der Waals surface area contributed by atoms with Crippen molar-refractivity contribution in [3.05, 3.63) is 81.9 Å².